The van der Waals surface area contributed by atoms with Gasteiger partial charge in [0.25, 0.3) is 5.92 Å². The third-order valence-corrected chi connectivity index (χ3v) is 5.40. The summed E-state index contributed by atoms with van der Waals surface area (Å²) in [6, 6.07) is 6.26. The fourth-order valence-corrected chi connectivity index (χ4v) is 3.56. The molecule has 2 unspecified atom stereocenters. The zero-order valence-electron chi connectivity index (χ0n) is 16.7. The number of benzene rings is 1. The third-order valence-electron chi connectivity index (χ3n) is 5.40. The van der Waals surface area contributed by atoms with Gasteiger partial charge in [-0.25, -0.2) is 13.8 Å². The number of imidazole rings is 1. The van der Waals surface area contributed by atoms with Crippen LogP contribution in [0.15, 0.2) is 36.8 Å². The van der Waals surface area contributed by atoms with Gasteiger partial charge in [-0.2, -0.15) is 0 Å². The monoisotopic (exact) mass is 415 g/mol. The first-order valence-electron chi connectivity index (χ1n) is 9.67. The quantitative estimate of drug-likeness (QED) is 0.681. The SMILES string of the molecule is Cc1ccc2c(ncn2C)c1NC(=O)C(N)c1ccc(C2CCC(F)(F)CO2)nc1. The Morgan fingerprint density at radius 1 is 1.33 bits per heavy atom. The molecule has 9 heteroatoms. The number of ether oxygens (including phenoxy) is 1. The Morgan fingerprint density at radius 2 is 2.13 bits per heavy atom. The van der Waals surface area contributed by atoms with E-state index < -0.39 is 24.7 Å². The van der Waals surface area contributed by atoms with Crippen molar-refractivity contribution in [3.05, 3.63) is 53.6 Å². The number of hydrogen-bond acceptors (Lipinski definition) is 5. The number of aryl methyl sites for hydroxylation is 2. The molecular weight excluding hydrogens is 392 g/mol. The first-order chi connectivity index (χ1) is 14.2. The van der Waals surface area contributed by atoms with Gasteiger partial charge in [0.2, 0.25) is 5.91 Å². The third kappa shape index (κ3) is 3.90. The van der Waals surface area contributed by atoms with Crippen LogP contribution in [-0.2, 0) is 16.6 Å². The predicted molar refractivity (Wildman–Crippen MR) is 108 cm³/mol. The van der Waals surface area contributed by atoms with Crippen LogP contribution in [0.4, 0.5) is 14.5 Å². The molecule has 0 radical (unpaired) electrons. The molecule has 3 heterocycles. The minimum Gasteiger partial charge on any atom is -0.366 e. The van der Waals surface area contributed by atoms with Gasteiger partial charge in [-0.15, -0.1) is 0 Å². The van der Waals surface area contributed by atoms with Gasteiger partial charge in [-0.3, -0.25) is 9.78 Å². The van der Waals surface area contributed by atoms with E-state index in [2.05, 4.69) is 15.3 Å². The number of nitrogens with two attached hydrogens (primary N) is 1. The van der Waals surface area contributed by atoms with Crippen LogP contribution < -0.4 is 11.1 Å². The lowest BCUT2D eigenvalue weighted by Crippen LogP contribution is -2.31. The number of halogens is 2. The van der Waals surface area contributed by atoms with Crippen LogP contribution in [0.2, 0.25) is 0 Å². The fraction of sp³-hybridized carbons (Fsp3) is 0.381. The smallest absolute Gasteiger partial charge is 0.271 e. The molecule has 3 N–H and O–H groups in total. The Kier molecular flexibility index (Phi) is 5.25. The van der Waals surface area contributed by atoms with Crippen LogP contribution in [-0.4, -0.2) is 33.0 Å². The van der Waals surface area contributed by atoms with E-state index in [4.69, 9.17) is 10.5 Å². The van der Waals surface area contributed by atoms with Crippen LogP contribution in [0.25, 0.3) is 11.0 Å². The van der Waals surface area contributed by atoms with Crippen LogP contribution in [0.5, 0.6) is 0 Å². The molecule has 1 amide bonds. The summed E-state index contributed by atoms with van der Waals surface area (Å²) in [5.41, 5.74) is 10.3. The second-order valence-corrected chi connectivity index (χ2v) is 7.66. The maximum atomic E-state index is 13.2. The summed E-state index contributed by atoms with van der Waals surface area (Å²) >= 11 is 0. The van der Waals surface area contributed by atoms with Gasteiger partial charge in [-0.1, -0.05) is 12.1 Å². The van der Waals surface area contributed by atoms with Gasteiger partial charge < -0.3 is 20.4 Å². The number of aromatic nitrogens is 3. The maximum Gasteiger partial charge on any atom is 0.271 e. The molecule has 4 rings (SSSR count). The number of carbonyl (C=O) groups is 1. The van der Waals surface area contributed by atoms with Crippen LogP contribution >= 0.6 is 0 Å². The van der Waals surface area contributed by atoms with Gasteiger partial charge in [0, 0.05) is 19.7 Å². The number of carbonyl (C=O) groups excluding carboxylic acids is 1. The van der Waals surface area contributed by atoms with Crippen molar-refractivity contribution in [2.75, 3.05) is 11.9 Å². The van der Waals surface area contributed by atoms with Gasteiger partial charge >= 0.3 is 0 Å². The summed E-state index contributed by atoms with van der Waals surface area (Å²) in [5.74, 6) is -3.18. The van der Waals surface area contributed by atoms with Gasteiger partial charge in [0.1, 0.15) is 18.2 Å². The van der Waals surface area contributed by atoms with Crippen molar-refractivity contribution in [1.29, 1.82) is 0 Å². The van der Waals surface area contributed by atoms with Crippen molar-refractivity contribution in [3.63, 3.8) is 0 Å². The number of hydrogen-bond donors (Lipinski definition) is 2. The number of nitrogens with one attached hydrogen (secondary N) is 1. The minimum absolute atomic E-state index is 0.194. The summed E-state index contributed by atoms with van der Waals surface area (Å²) in [7, 11) is 1.88. The first kappa shape index (κ1) is 20.4. The molecule has 2 aromatic heterocycles. The molecule has 1 fully saturated rings. The molecule has 3 aromatic rings. The van der Waals surface area contributed by atoms with Crippen molar-refractivity contribution in [1.82, 2.24) is 14.5 Å². The molecule has 0 spiro atoms. The minimum atomic E-state index is -2.79. The zero-order valence-corrected chi connectivity index (χ0v) is 16.7. The molecule has 0 saturated carbocycles. The van der Waals surface area contributed by atoms with E-state index in [1.54, 1.807) is 18.5 Å². The number of alkyl halides is 2. The number of anilines is 1. The van der Waals surface area contributed by atoms with E-state index in [0.29, 0.717) is 22.5 Å². The first-order valence-corrected chi connectivity index (χ1v) is 9.67. The van der Waals surface area contributed by atoms with Crippen molar-refractivity contribution in [3.8, 4) is 0 Å². The van der Waals surface area contributed by atoms with Crippen LogP contribution in [0.3, 0.4) is 0 Å². The number of fused-ring (bicyclic) bond motifs is 1. The Hall–Kier alpha value is -2.91. The lowest BCUT2D eigenvalue weighted by atomic mass is 10.0. The van der Waals surface area contributed by atoms with Crippen LogP contribution in [0.1, 0.15) is 41.8 Å². The highest BCUT2D eigenvalue weighted by Crippen LogP contribution is 2.35. The summed E-state index contributed by atoms with van der Waals surface area (Å²) in [5, 5.41) is 2.88. The molecule has 1 aliphatic rings. The fourth-order valence-electron chi connectivity index (χ4n) is 3.56. The average molecular weight is 415 g/mol. The van der Waals surface area contributed by atoms with E-state index in [1.807, 2.05) is 30.7 Å². The van der Waals surface area contributed by atoms with Crippen molar-refractivity contribution in [2.45, 2.75) is 37.8 Å². The predicted octanol–water partition coefficient (Wildman–Crippen LogP) is 3.40. The Labute approximate surface area is 172 Å². The Bertz CT molecular complexity index is 1070. The molecule has 1 saturated heterocycles. The lowest BCUT2D eigenvalue weighted by Gasteiger charge is -2.28. The Balaban J connectivity index is 1.48. The number of nitrogens with zero attached hydrogens (tertiary/aromatic N) is 3. The van der Waals surface area contributed by atoms with E-state index in [-0.39, 0.29) is 18.7 Å². The molecule has 1 aliphatic heterocycles. The normalized spacial score (nSPS) is 19.6. The Morgan fingerprint density at radius 3 is 2.80 bits per heavy atom. The topological polar surface area (TPSA) is 95.1 Å². The van der Waals surface area contributed by atoms with E-state index in [9.17, 15) is 13.6 Å². The summed E-state index contributed by atoms with van der Waals surface area (Å²) in [6.45, 7) is 1.28. The van der Waals surface area contributed by atoms with Crippen molar-refractivity contribution >= 4 is 22.6 Å². The molecule has 0 bridgehead atoms. The zero-order chi connectivity index (χ0) is 21.5. The summed E-state index contributed by atoms with van der Waals surface area (Å²) < 4.78 is 33.6. The van der Waals surface area contributed by atoms with Gasteiger partial charge in [0.15, 0.2) is 0 Å². The second kappa shape index (κ2) is 7.73. The highest BCUT2D eigenvalue weighted by atomic mass is 19.3. The van der Waals surface area contributed by atoms with E-state index in [1.165, 1.54) is 6.20 Å². The highest BCUT2D eigenvalue weighted by Gasteiger charge is 2.36. The molecule has 30 heavy (non-hydrogen) atoms. The van der Waals surface area contributed by atoms with Crippen molar-refractivity contribution in [2.24, 2.45) is 12.8 Å². The number of amides is 1. The number of rotatable bonds is 4. The molecule has 1 aromatic carbocycles. The number of pyridine rings is 1. The molecule has 158 valence electrons. The molecule has 2 atom stereocenters. The van der Waals surface area contributed by atoms with Gasteiger partial charge in [0.05, 0.1) is 29.3 Å². The van der Waals surface area contributed by atoms with Crippen molar-refractivity contribution < 1.29 is 18.3 Å². The molecular formula is C21H23F2N5O2. The van der Waals surface area contributed by atoms with Crippen LogP contribution in [0, 0.1) is 6.92 Å². The maximum absolute atomic E-state index is 13.2. The van der Waals surface area contributed by atoms with Gasteiger partial charge in [-0.05, 0) is 36.6 Å². The molecule has 0 aliphatic carbocycles. The van der Waals surface area contributed by atoms with E-state index in [0.717, 1.165) is 11.1 Å². The second-order valence-electron chi connectivity index (χ2n) is 7.66. The summed E-state index contributed by atoms with van der Waals surface area (Å²) in [6.07, 6.45) is 2.66. The standard InChI is InChI=1S/C21H23F2N5O2/c1-12-3-6-15-19(26-11-28(15)2)18(12)27-20(29)17(24)13-4-5-14(25-9-13)16-7-8-21(22,23)10-30-16/h3-6,9,11,16-17H,7-8,10,24H2,1-2H3,(H,27,29). The highest BCUT2D eigenvalue weighted by molar-refractivity contribution is 6.03. The average Bonchev–Trinajstić information content (AvgIpc) is 3.10. The van der Waals surface area contributed by atoms with E-state index >= 15 is 0 Å². The largest absolute Gasteiger partial charge is 0.366 e. The lowest BCUT2D eigenvalue weighted by molar-refractivity contribution is -0.146. The molecule has 7 nitrogen and oxygen atoms in total. The summed E-state index contributed by atoms with van der Waals surface area (Å²) in [4.78, 5) is 21.4.